The second-order valence-electron chi connectivity index (χ2n) is 6.65. The Morgan fingerprint density at radius 3 is 1.72 bits per heavy atom. The molecule has 0 spiro atoms. The molecule has 29 heavy (non-hydrogen) atoms. The number of hydrogen-bond acceptors (Lipinski definition) is 6. The van der Waals surface area contributed by atoms with Gasteiger partial charge in [0.05, 0.1) is 13.2 Å². The molecule has 0 saturated heterocycles. The monoisotopic (exact) mass is 392 g/mol. The second-order valence-corrected chi connectivity index (χ2v) is 6.65. The van der Waals surface area contributed by atoms with Crippen LogP contribution in [0.4, 0.5) is 5.95 Å². The third-order valence-electron chi connectivity index (χ3n) is 4.45. The van der Waals surface area contributed by atoms with E-state index in [1.807, 2.05) is 74.3 Å². The van der Waals surface area contributed by atoms with Gasteiger partial charge in [0, 0.05) is 24.7 Å². The normalized spacial score (nSPS) is 10.6. The molecule has 0 amide bonds. The molecule has 0 aliphatic heterocycles. The smallest absolute Gasteiger partial charge is 0.245 e. The molecule has 3 rings (SSSR count). The Bertz CT molecular complexity index is 911. The molecule has 6 heteroatoms. The third-order valence-corrected chi connectivity index (χ3v) is 4.45. The van der Waals surface area contributed by atoms with E-state index in [0.717, 1.165) is 47.0 Å². The van der Waals surface area contributed by atoms with E-state index in [-0.39, 0.29) is 0 Å². The second kappa shape index (κ2) is 9.87. The van der Waals surface area contributed by atoms with Crippen molar-refractivity contribution in [2.45, 2.75) is 27.2 Å². The molecule has 0 radical (unpaired) electrons. The van der Waals surface area contributed by atoms with Crippen molar-refractivity contribution in [2.75, 3.05) is 31.7 Å². The zero-order chi connectivity index (χ0) is 20.6. The van der Waals surface area contributed by atoms with Crippen molar-refractivity contribution < 1.29 is 9.47 Å². The highest BCUT2D eigenvalue weighted by Crippen LogP contribution is 2.31. The van der Waals surface area contributed by atoms with Crippen LogP contribution in [0.15, 0.2) is 48.5 Å². The van der Waals surface area contributed by atoms with Crippen LogP contribution in [-0.4, -0.2) is 42.0 Å². The summed E-state index contributed by atoms with van der Waals surface area (Å²) in [7, 11) is 1.99. The molecular weight excluding hydrogens is 364 g/mol. The Morgan fingerprint density at radius 2 is 1.24 bits per heavy atom. The Morgan fingerprint density at radius 1 is 0.724 bits per heavy atom. The maximum Gasteiger partial charge on any atom is 0.245 e. The molecular formula is C23H28N4O2. The highest BCUT2D eigenvalue weighted by atomic mass is 16.5. The Hall–Kier alpha value is -3.15. The van der Waals surface area contributed by atoms with Gasteiger partial charge in [0.15, 0.2) is 0 Å². The van der Waals surface area contributed by atoms with E-state index in [1.165, 1.54) is 0 Å². The molecule has 0 atom stereocenters. The standard InChI is InChI=1S/C23H28N4O2/c1-5-16-27(4)23-24-21(17-8-12-19(13-9-17)28-6-2)22(25-26-23)18-10-14-20(15-11-18)29-7-3/h8-15H,5-7,16H2,1-4H3. The summed E-state index contributed by atoms with van der Waals surface area (Å²) >= 11 is 0. The molecule has 2 aromatic carbocycles. The van der Waals surface area contributed by atoms with E-state index in [1.54, 1.807) is 0 Å². The lowest BCUT2D eigenvalue weighted by Gasteiger charge is -2.17. The first-order valence-electron chi connectivity index (χ1n) is 10.1. The van der Waals surface area contributed by atoms with Gasteiger partial charge in [-0.1, -0.05) is 6.92 Å². The fourth-order valence-corrected chi connectivity index (χ4v) is 3.06. The van der Waals surface area contributed by atoms with Gasteiger partial charge < -0.3 is 14.4 Å². The minimum atomic E-state index is 0.616. The van der Waals surface area contributed by atoms with Crippen molar-refractivity contribution in [3.8, 4) is 34.0 Å². The number of anilines is 1. The summed E-state index contributed by atoms with van der Waals surface area (Å²) in [5, 5.41) is 8.91. The first kappa shape index (κ1) is 20.6. The number of aromatic nitrogens is 3. The summed E-state index contributed by atoms with van der Waals surface area (Å²) in [4.78, 5) is 6.87. The molecule has 0 aliphatic carbocycles. The number of hydrogen-bond donors (Lipinski definition) is 0. The van der Waals surface area contributed by atoms with Crippen molar-refractivity contribution in [3.05, 3.63) is 48.5 Å². The van der Waals surface area contributed by atoms with Gasteiger partial charge in [-0.3, -0.25) is 0 Å². The van der Waals surface area contributed by atoms with E-state index >= 15 is 0 Å². The molecule has 1 aromatic heterocycles. The lowest BCUT2D eigenvalue weighted by molar-refractivity contribution is 0.340. The van der Waals surface area contributed by atoms with Crippen LogP contribution in [0, 0.1) is 0 Å². The molecule has 1 heterocycles. The van der Waals surface area contributed by atoms with Gasteiger partial charge in [0.25, 0.3) is 0 Å². The van der Waals surface area contributed by atoms with Crippen molar-refractivity contribution in [2.24, 2.45) is 0 Å². The SMILES string of the molecule is CCCN(C)c1nnc(-c2ccc(OCC)cc2)c(-c2ccc(OCC)cc2)n1. The molecule has 0 saturated carbocycles. The maximum absolute atomic E-state index is 5.57. The zero-order valence-electron chi connectivity index (χ0n) is 17.6. The summed E-state index contributed by atoms with van der Waals surface area (Å²) in [5.41, 5.74) is 3.46. The predicted octanol–water partition coefficient (Wildman–Crippen LogP) is 4.85. The number of ether oxygens (including phenoxy) is 2. The van der Waals surface area contributed by atoms with Crippen LogP contribution in [-0.2, 0) is 0 Å². The molecule has 6 nitrogen and oxygen atoms in total. The summed E-state index contributed by atoms with van der Waals surface area (Å²) in [6, 6.07) is 15.8. The molecule has 0 N–H and O–H groups in total. The third kappa shape index (κ3) is 5.02. The number of benzene rings is 2. The minimum absolute atomic E-state index is 0.616. The maximum atomic E-state index is 5.57. The van der Waals surface area contributed by atoms with Crippen LogP contribution in [0.3, 0.4) is 0 Å². The van der Waals surface area contributed by atoms with Crippen LogP contribution in [0.2, 0.25) is 0 Å². The van der Waals surface area contributed by atoms with E-state index in [2.05, 4.69) is 17.1 Å². The van der Waals surface area contributed by atoms with E-state index in [0.29, 0.717) is 19.2 Å². The summed E-state index contributed by atoms with van der Waals surface area (Å²) in [6.45, 7) is 8.22. The van der Waals surface area contributed by atoms with Crippen molar-refractivity contribution >= 4 is 5.95 Å². The van der Waals surface area contributed by atoms with Crippen molar-refractivity contribution in [1.82, 2.24) is 15.2 Å². The predicted molar refractivity (Wildman–Crippen MR) is 117 cm³/mol. The number of nitrogens with zero attached hydrogens (tertiary/aromatic N) is 4. The molecule has 0 fully saturated rings. The molecule has 3 aromatic rings. The van der Waals surface area contributed by atoms with Gasteiger partial charge >= 0.3 is 0 Å². The van der Waals surface area contributed by atoms with E-state index in [9.17, 15) is 0 Å². The van der Waals surface area contributed by atoms with Gasteiger partial charge in [-0.25, -0.2) is 4.98 Å². The molecule has 0 unspecified atom stereocenters. The van der Waals surface area contributed by atoms with Crippen LogP contribution >= 0.6 is 0 Å². The Labute approximate surface area is 172 Å². The summed E-state index contributed by atoms with van der Waals surface area (Å²) in [6.07, 6.45) is 1.01. The van der Waals surface area contributed by atoms with Crippen LogP contribution in [0.1, 0.15) is 27.2 Å². The Kier molecular flexibility index (Phi) is 7.00. The fraction of sp³-hybridized carbons (Fsp3) is 0.348. The van der Waals surface area contributed by atoms with Crippen molar-refractivity contribution in [1.29, 1.82) is 0 Å². The van der Waals surface area contributed by atoms with Crippen LogP contribution < -0.4 is 14.4 Å². The summed E-state index contributed by atoms with van der Waals surface area (Å²) < 4.78 is 11.1. The first-order chi connectivity index (χ1) is 14.2. The quantitative estimate of drug-likeness (QED) is 0.519. The average Bonchev–Trinajstić information content (AvgIpc) is 2.75. The number of rotatable bonds is 9. The highest BCUT2D eigenvalue weighted by Gasteiger charge is 2.16. The van der Waals surface area contributed by atoms with Gasteiger partial charge in [0.1, 0.15) is 22.9 Å². The summed E-state index contributed by atoms with van der Waals surface area (Å²) in [5.74, 6) is 2.29. The molecule has 0 aliphatic rings. The topological polar surface area (TPSA) is 60.4 Å². The first-order valence-corrected chi connectivity index (χ1v) is 10.1. The Balaban J connectivity index is 2.04. The minimum Gasteiger partial charge on any atom is -0.494 e. The largest absolute Gasteiger partial charge is 0.494 e. The molecule has 152 valence electrons. The van der Waals surface area contributed by atoms with Gasteiger partial charge in [-0.05, 0) is 68.8 Å². The van der Waals surface area contributed by atoms with Crippen molar-refractivity contribution in [3.63, 3.8) is 0 Å². The van der Waals surface area contributed by atoms with E-state index < -0.39 is 0 Å². The van der Waals surface area contributed by atoms with E-state index in [4.69, 9.17) is 14.5 Å². The zero-order valence-corrected chi connectivity index (χ0v) is 17.6. The van der Waals surface area contributed by atoms with Crippen LogP contribution in [0.25, 0.3) is 22.5 Å². The van der Waals surface area contributed by atoms with Gasteiger partial charge in [-0.2, -0.15) is 0 Å². The lowest BCUT2D eigenvalue weighted by atomic mass is 10.0. The van der Waals surface area contributed by atoms with Gasteiger partial charge in [0.2, 0.25) is 5.95 Å². The average molecular weight is 393 g/mol. The fourth-order valence-electron chi connectivity index (χ4n) is 3.06. The molecule has 0 bridgehead atoms. The van der Waals surface area contributed by atoms with Crippen LogP contribution in [0.5, 0.6) is 11.5 Å². The van der Waals surface area contributed by atoms with Gasteiger partial charge in [-0.15, -0.1) is 10.2 Å². The lowest BCUT2D eigenvalue weighted by Crippen LogP contribution is -2.21. The highest BCUT2D eigenvalue weighted by molar-refractivity contribution is 5.78.